The van der Waals surface area contributed by atoms with E-state index in [1.54, 1.807) is 6.92 Å². The van der Waals surface area contributed by atoms with Crippen LogP contribution < -0.4 is 10.9 Å². The van der Waals surface area contributed by atoms with E-state index in [4.69, 9.17) is 0 Å². The van der Waals surface area contributed by atoms with Crippen molar-refractivity contribution in [1.82, 2.24) is 9.55 Å². The molecule has 3 rings (SSSR count). The molecule has 1 N–H and O–H groups in total. The van der Waals surface area contributed by atoms with Crippen LogP contribution in [0, 0.1) is 18.7 Å². The number of halogens is 4. The fourth-order valence-electron chi connectivity index (χ4n) is 2.52. The van der Waals surface area contributed by atoms with Crippen molar-refractivity contribution in [2.24, 2.45) is 5.92 Å². The van der Waals surface area contributed by atoms with E-state index < -0.39 is 29.4 Å². The Labute approximate surface area is 149 Å². The molecule has 2 aromatic rings. The van der Waals surface area contributed by atoms with Crippen LogP contribution in [0.15, 0.2) is 34.3 Å². The van der Waals surface area contributed by atoms with Crippen LogP contribution in [0.4, 0.5) is 23.2 Å². The fourth-order valence-corrected chi connectivity index (χ4v) is 3.57. The number of hydrogen-bond acceptors (Lipinski definition) is 4. The first-order valence-corrected chi connectivity index (χ1v) is 8.52. The molecule has 0 bridgehead atoms. The van der Waals surface area contributed by atoms with E-state index in [9.17, 15) is 27.2 Å². The third-order valence-electron chi connectivity index (χ3n) is 3.91. The van der Waals surface area contributed by atoms with Gasteiger partial charge >= 0.3 is 6.18 Å². The number of thioether (sulfide) groups is 1. The number of carbonyl (C=O) groups is 1. The topological polar surface area (TPSA) is 64.0 Å². The number of fused-ring (bicyclic) bond motifs is 1. The zero-order valence-electron chi connectivity index (χ0n) is 13.4. The number of benzene rings is 1. The summed E-state index contributed by atoms with van der Waals surface area (Å²) in [5.74, 6) is -2.26. The van der Waals surface area contributed by atoms with Crippen LogP contribution in [0.5, 0.6) is 0 Å². The summed E-state index contributed by atoms with van der Waals surface area (Å²) in [5, 5.41) is 2.85. The number of alkyl halides is 3. The van der Waals surface area contributed by atoms with Gasteiger partial charge in [-0.25, -0.2) is 9.37 Å². The average molecular weight is 387 g/mol. The predicted octanol–water partition coefficient (Wildman–Crippen LogP) is 3.07. The van der Waals surface area contributed by atoms with Crippen LogP contribution in [-0.4, -0.2) is 21.2 Å². The van der Waals surface area contributed by atoms with Crippen LogP contribution in [-0.2, 0) is 17.5 Å². The summed E-state index contributed by atoms with van der Waals surface area (Å²) >= 11 is 1.22. The normalized spacial score (nSPS) is 16.9. The van der Waals surface area contributed by atoms with Crippen LogP contribution in [0.2, 0.25) is 0 Å². The van der Waals surface area contributed by atoms with Crippen molar-refractivity contribution >= 4 is 23.4 Å². The molecule has 1 aromatic heterocycles. The van der Waals surface area contributed by atoms with Gasteiger partial charge in [-0.05, 0) is 25.1 Å². The van der Waals surface area contributed by atoms with Gasteiger partial charge in [-0.1, -0.05) is 11.8 Å². The highest BCUT2D eigenvalue weighted by atomic mass is 32.2. The van der Waals surface area contributed by atoms with Gasteiger partial charge in [0.2, 0.25) is 5.91 Å². The molecule has 1 aliphatic heterocycles. The van der Waals surface area contributed by atoms with E-state index in [-0.39, 0.29) is 17.8 Å². The minimum atomic E-state index is -4.86. The third kappa shape index (κ3) is 3.59. The fraction of sp³-hybridized carbons (Fsp3) is 0.312. The van der Waals surface area contributed by atoms with Crippen LogP contribution in [0.25, 0.3) is 0 Å². The first kappa shape index (κ1) is 18.4. The van der Waals surface area contributed by atoms with Gasteiger partial charge in [0, 0.05) is 29.7 Å². The number of amides is 1. The van der Waals surface area contributed by atoms with Gasteiger partial charge < -0.3 is 5.32 Å². The number of anilines is 1. The Kier molecular flexibility index (Phi) is 4.78. The van der Waals surface area contributed by atoms with Crippen molar-refractivity contribution in [2.45, 2.75) is 24.8 Å². The summed E-state index contributed by atoms with van der Waals surface area (Å²) < 4.78 is 53.0. The molecular weight excluding hydrogens is 374 g/mol. The highest BCUT2D eigenvalue weighted by Gasteiger charge is 2.34. The van der Waals surface area contributed by atoms with Crippen molar-refractivity contribution in [3.63, 3.8) is 0 Å². The lowest BCUT2D eigenvalue weighted by Crippen LogP contribution is -2.37. The number of aromatic nitrogens is 2. The van der Waals surface area contributed by atoms with Crippen molar-refractivity contribution in [1.29, 1.82) is 0 Å². The van der Waals surface area contributed by atoms with E-state index in [0.29, 0.717) is 28.6 Å². The minimum absolute atomic E-state index is 0.0784. The summed E-state index contributed by atoms with van der Waals surface area (Å²) in [6.45, 7) is 1.68. The molecule has 0 unspecified atom stereocenters. The Balaban J connectivity index is 1.79. The second-order valence-corrected chi connectivity index (χ2v) is 6.82. The molecule has 0 fully saturated rings. The molecule has 0 saturated carbocycles. The van der Waals surface area contributed by atoms with E-state index >= 15 is 0 Å². The van der Waals surface area contributed by atoms with Crippen molar-refractivity contribution in [2.75, 3.05) is 11.1 Å². The molecule has 0 spiro atoms. The van der Waals surface area contributed by atoms with Crippen LogP contribution in [0.3, 0.4) is 0 Å². The maximum Gasteiger partial charge on any atom is 0.419 e. The Morgan fingerprint density at radius 3 is 2.81 bits per heavy atom. The highest BCUT2D eigenvalue weighted by Crippen LogP contribution is 2.33. The third-order valence-corrected chi connectivity index (χ3v) is 5.06. The molecule has 0 aliphatic carbocycles. The van der Waals surface area contributed by atoms with Gasteiger partial charge in [0.1, 0.15) is 5.82 Å². The second-order valence-electron chi connectivity index (χ2n) is 5.83. The van der Waals surface area contributed by atoms with Crippen LogP contribution in [0.1, 0.15) is 11.1 Å². The average Bonchev–Trinajstić information content (AvgIpc) is 2.58. The maximum absolute atomic E-state index is 13.3. The summed E-state index contributed by atoms with van der Waals surface area (Å²) in [7, 11) is 0. The van der Waals surface area contributed by atoms with Gasteiger partial charge in [0.05, 0.1) is 11.5 Å². The zero-order valence-corrected chi connectivity index (χ0v) is 14.2. The van der Waals surface area contributed by atoms with E-state index in [2.05, 4.69) is 10.3 Å². The Morgan fingerprint density at radius 2 is 2.12 bits per heavy atom. The highest BCUT2D eigenvalue weighted by molar-refractivity contribution is 7.99. The lowest BCUT2D eigenvalue weighted by atomic mass is 10.1. The molecule has 26 heavy (non-hydrogen) atoms. The standard InChI is InChI=1S/C16H13F4N3O2S/c1-8-5-21-15-23(14(8)25)6-9(7-26-15)13(24)22-10-2-3-12(17)11(4-10)16(18,19)20/h2-5,9H,6-7H2,1H3,(H,22,24)/t9-/m1/s1. The number of carbonyl (C=O) groups excluding carboxylic acids is 1. The summed E-state index contributed by atoms with van der Waals surface area (Å²) in [4.78, 5) is 28.7. The molecule has 0 radical (unpaired) electrons. The summed E-state index contributed by atoms with van der Waals surface area (Å²) in [6.07, 6.45) is -3.40. The van der Waals surface area contributed by atoms with Crippen molar-refractivity contribution in [3.8, 4) is 0 Å². The number of rotatable bonds is 2. The molecule has 0 saturated heterocycles. The van der Waals surface area contributed by atoms with Gasteiger partial charge in [0.25, 0.3) is 5.56 Å². The lowest BCUT2D eigenvalue weighted by Gasteiger charge is -2.24. The first-order valence-electron chi connectivity index (χ1n) is 7.53. The van der Waals surface area contributed by atoms with Gasteiger partial charge in [-0.15, -0.1) is 0 Å². The van der Waals surface area contributed by atoms with Crippen LogP contribution >= 0.6 is 11.8 Å². The minimum Gasteiger partial charge on any atom is -0.326 e. The molecule has 10 heteroatoms. The second kappa shape index (κ2) is 6.75. The number of aryl methyl sites for hydroxylation is 1. The number of nitrogens with one attached hydrogen (secondary N) is 1. The lowest BCUT2D eigenvalue weighted by molar-refractivity contribution is -0.140. The monoisotopic (exact) mass is 387 g/mol. The molecule has 1 aromatic carbocycles. The Bertz CT molecular complexity index is 927. The Hall–Kier alpha value is -2.36. The Morgan fingerprint density at radius 1 is 1.38 bits per heavy atom. The molecule has 138 valence electrons. The molecule has 5 nitrogen and oxygen atoms in total. The maximum atomic E-state index is 13.3. The van der Waals surface area contributed by atoms with E-state index in [1.807, 2.05) is 0 Å². The first-order chi connectivity index (χ1) is 12.2. The largest absolute Gasteiger partial charge is 0.419 e. The number of hydrogen-bond donors (Lipinski definition) is 1. The van der Waals surface area contributed by atoms with E-state index in [0.717, 1.165) is 6.07 Å². The molecule has 2 heterocycles. The van der Waals surface area contributed by atoms with Crippen molar-refractivity contribution < 1.29 is 22.4 Å². The van der Waals surface area contributed by atoms with Gasteiger partial charge in [-0.2, -0.15) is 13.2 Å². The smallest absolute Gasteiger partial charge is 0.326 e. The SMILES string of the molecule is Cc1cnc2n(c1=O)C[C@@H](C(=O)Nc1ccc(F)c(C(F)(F)F)c1)CS2. The predicted molar refractivity (Wildman–Crippen MR) is 87.5 cm³/mol. The quantitative estimate of drug-likeness (QED) is 0.636. The number of nitrogens with zero attached hydrogens (tertiary/aromatic N) is 2. The molecular formula is C16H13F4N3O2S. The summed E-state index contributed by atoms with van der Waals surface area (Å²) in [5.41, 5.74) is -1.44. The summed E-state index contributed by atoms with van der Waals surface area (Å²) in [6, 6.07) is 2.26. The van der Waals surface area contributed by atoms with Gasteiger partial charge in [0.15, 0.2) is 5.16 Å². The molecule has 1 atom stereocenters. The van der Waals surface area contributed by atoms with Crippen molar-refractivity contribution in [3.05, 3.63) is 51.7 Å². The van der Waals surface area contributed by atoms with Gasteiger partial charge in [-0.3, -0.25) is 14.2 Å². The molecule has 1 aliphatic rings. The zero-order chi connectivity index (χ0) is 19.1. The van der Waals surface area contributed by atoms with E-state index in [1.165, 1.54) is 22.5 Å². The molecule has 1 amide bonds.